The standard InChI is InChI=1S/C20H18N4O3/c25-19(11-6-16-4-1-3-15-5-2-12-23-20(15)16)22-14-13-21-17-7-9-18(10-8-17)24(26)27/h1-12,21H,13-14H2,(H,22,25)/b11-6+. The molecule has 2 aromatic carbocycles. The minimum Gasteiger partial charge on any atom is -0.383 e. The van der Waals surface area contributed by atoms with E-state index in [2.05, 4.69) is 15.6 Å². The van der Waals surface area contributed by atoms with Crippen LogP contribution in [-0.4, -0.2) is 28.9 Å². The van der Waals surface area contributed by atoms with E-state index in [4.69, 9.17) is 0 Å². The summed E-state index contributed by atoms with van der Waals surface area (Å²) in [6.07, 6.45) is 4.95. The number of anilines is 1. The first-order valence-corrected chi connectivity index (χ1v) is 8.41. The molecule has 0 spiro atoms. The molecule has 3 aromatic rings. The Morgan fingerprint density at radius 2 is 1.85 bits per heavy atom. The second-order valence-corrected chi connectivity index (χ2v) is 5.78. The van der Waals surface area contributed by atoms with Crippen LogP contribution in [0.4, 0.5) is 11.4 Å². The number of nitro groups is 1. The summed E-state index contributed by atoms with van der Waals surface area (Å²) >= 11 is 0. The number of carbonyl (C=O) groups excluding carboxylic acids is 1. The van der Waals surface area contributed by atoms with Crippen LogP contribution in [-0.2, 0) is 4.79 Å². The molecule has 1 amide bonds. The summed E-state index contributed by atoms with van der Waals surface area (Å²) in [4.78, 5) is 26.5. The lowest BCUT2D eigenvalue weighted by Crippen LogP contribution is -2.27. The minimum atomic E-state index is -0.443. The summed E-state index contributed by atoms with van der Waals surface area (Å²) in [5.41, 5.74) is 2.53. The van der Waals surface area contributed by atoms with E-state index in [1.807, 2.05) is 30.3 Å². The summed E-state index contributed by atoms with van der Waals surface area (Å²) in [7, 11) is 0. The highest BCUT2D eigenvalue weighted by Gasteiger charge is 2.03. The molecular weight excluding hydrogens is 344 g/mol. The summed E-state index contributed by atoms with van der Waals surface area (Å²) in [6.45, 7) is 0.932. The quantitative estimate of drug-likeness (QED) is 0.291. The summed E-state index contributed by atoms with van der Waals surface area (Å²) in [5, 5.41) is 17.5. The van der Waals surface area contributed by atoms with E-state index in [1.165, 1.54) is 18.2 Å². The van der Waals surface area contributed by atoms with Gasteiger partial charge in [-0.25, -0.2) is 0 Å². The van der Waals surface area contributed by atoms with E-state index >= 15 is 0 Å². The van der Waals surface area contributed by atoms with Crippen molar-refractivity contribution in [2.24, 2.45) is 0 Å². The molecule has 136 valence electrons. The molecule has 0 atom stereocenters. The highest BCUT2D eigenvalue weighted by molar-refractivity contribution is 5.95. The lowest BCUT2D eigenvalue weighted by Gasteiger charge is -2.06. The van der Waals surface area contributed by atoms with Gasteiger partial charge in [-0.15, -0.1) is 0 Å². The summed E-state index contributed by atoms with van der Waals surface area (Å²) in [5.74, 6) is -0.201. The number of hydrogen-bond donors (Lipinski definition) is 2. The topological polar surface area (TPSA) is 97.2 Å². The molecule has 0 saturated carbocycles. The van der Waals surface area contributed by atoms with Gasteiger partial charge < -0.3 is 10.6 Å². The van der Waals surface area contributed by atoms with Gasteiger partial charge in [-0.3, -0.25) is 19.9 Å². The molecule has 7 nitrogen and oxygen atoms in total. The fourth-order valence-electron chi connectivity index (χ4n) is 2.58. The largest absolute Gasteiger partial charge is 0.383 e. The van der Waals surface area contributed by atoms with E-state index in [1.54, 1.807) is 24.4 Å². The van der Waals surface area contributed by atoms with Crippen LogP contribution in [0.3, 0.4) is 0 Å². The highest BCUT2D eigenvalue weighted by atomic mass is 16.6. The third-order valence-corrected chi connectivity index (χ3v) is 3.91. The molecule has 0 fully saturated rings. The SMILES string of the molecule is O=C(/C=C/c1cccc2cccnc12)NCCNc1ccc([N+](=O)[O-])cc1. The normalized spacial score (nSPS) is 10.8. The molecule has 0 aliphatic heterocycles. The molecule has 1 aromatic heterocycles. The van der Waals surface area contributed by atoms with Gasteiger partial charge in [-0.1, -0.05) is 24.3 Å². The molecule has 3 rings (SSSR count). The first-order valence-electron chi connectivity index (χ1n) is 8.41. The van der Waals surface area contributed by atoms with Crippen molar-refractivity contribution >= 4 is 34.3 Å². The Bertz CT molecular complexity index is 979. The van der Waals surface area contributed by atoms with Crippen LogP contribution in [0, 0.1) is 10.1 Å². The minimum absolute atomic E-state index is 0.0434. The van der Waals surface area contributed by atoms with Gasteiger partial charge in [0.05, 0.1) is 10.4 Å². The number of nitrogens with one attached hydrogen (secondary N) is 2. The number of non-ortho nitro benzene ring substituents is 1. The van der Waals surface area contributed by atoms with E-state index in [0.717, 1.165) is 22.2 Å². The van der Waals surface area contributed by atoms with Crippen LogP contribution in [0.2, 0.25) is 0 Å². The van der Waals surface area contributed by atoms with E-state index in [-0.39, 0.29) is 11.6 Å². The van der Waals surface area contributed by atoms with Crippen molar-refractivity contribution in [3.63, 3.8) is 0 Å². The molecule has 0 saturated heterocycles. The molecule has 0 aliphatic rings. The van der Waals surface area contributed by atoms with Crippen molar-refractivity contribution in [2.45, 2.75) is 0 Å². The van der Waals surface area contributed by atoms with E-state index < -0.39 is 4.92 Å². The maximum absolute atomic E-state index is 12.0. The third kappa shape index (κ3) is 4.88. The Kier molecular flexibility index (Phi) is 5.73. The predicted octanol–water partition coefficient (Wildman–Crippen LogP) is 3.38. The summed E-state index contributed by atoms with van der Waals surface area (Å²) < 4.78 is 0. The smallest absolute Gasteiger partial charge is 0.269 e. The predicted molar refractivity (Wildman–Crippen MR) is 105 cm³/mol. The lowest BCUT2D eigenvalue weighted by atomic mass is 10.1. The number of pyridine rings is 1. The fraction of sp³-hybridized carbons (Fsp3) is 0.100. The first kappa shape index (κ1) is 18.1. The van der Waals surface area contributed by atoms with E-state index in [0.29, 0.717) is 13.1 Å². The number of aromatic nitrogens is 1. The van der Waals surface area contributed by atoms with Crippen LogP contribution in [0.5, 0.6) is 0 Å². The number of hydrogen-bond acceptors (Lipinski definition) is 5. The van der Waals surface area contributed by atoms with Crippen molar-refractivity contribution in [1.29, 1.82) is 0 Å². The molecule has 0 aliphatic carbocycles. The average Bonchev–Trinajstić information content (AvgIpc) is 2.70. The van der Waals surface area contributed by atoms with Crippen molar-refractivity contribution in [3.8, 4) is 0 Å². The number of nitrogens with zero attached hydrogens (tertiary/aromatic N) is 2. The van der Waals surface area contributed by atoms with Crippen molar-refractivity contribution < 1.29 is 9.72 Å². The molecular formula is C20H18N4O3. The lowest BCUT2D eigenvalue weighted by molar-refractivity contribution is -0.384. The molecule has 2 N–H and O–H groups in total. The number of nitro benzene ring substituents is 1. The van der Waals surface area contributed by atoms with Crippen molar-refractivity contribution in [1.82, 2.24) is 10.3 Å². The van der Waals surface area contributed by atoms with Gasteiger partial charge in [-0.05, 0) is 24.3 Å². The maximum atomic E-state index is 12.0. The Morgan fingerprint density at radius 3 is 2.63 bits per heavy atom. The Morgan fingerprint density at radius 1 is 1.07 bits per heavy atom. The second kappa shape index (κ2) is 8.57. The van der Waals surface area contributed by atoms with E-state index in [9.17, 15) is 14.9 Å². The van der Waals surface area contributed by atoms with Gasteiger partial charge in [-0.2, -0.15) is 0 Å². The summed E-state index contributed by atoms with van der Waals surface area (Å²) in [6, 6.07) is 15.8. The number of carbonyl (C=O) groups is 1. The second-order valence-electron chi connectivity index (χ2n) is 5.78. The van der Waals surface area contributed by atoms with Crippen LogP contribution in [0.25, 0.3) is 17.0 Å². The van der Waals surface area contributed by atoms with Crippen LogP contribution < -0.4 is 10.6 Å². The third-order valence-electron chi connectivity index (χ3n) is 3.91. The number of para-hydroxylation sites is 1. The van der Waals surface area contributed by atoms with Crippen molar-refractivity contribution in [3.05, 3.63) is 82.5 Å². The molecule has 0 unspecified atom stereocenters. The van der Waals surface area contributed by atoms with Gasteiger partial charge in [0.2, 0.25) is 5.91 Å². The van der Waals surface area contributed by atoms with Crippen LogP contribution >= 0.6 is 0 Å². The number of fused-ring (bicyclic) bond motifs is 1. The van der Waals surface area contributed by atoms with Crippen LogP contribution in [0.1, 0.15) is 5.56 Å². The molecule has 0 radical (unpaired) electrons. The Balaban J connectivity index is 1.48. The Hall–Kier alpha value is -3.74. The number of benzene rings is 2. The van der Waals surface area contributed by atoms with Crippen LogP contribution in [0.15, 0.2) is 66.9 Å². The number of amides is 1. The molecule has 7 heteroatoms. The van der Waals surface area contributed by atoms with Gasteiger partial charge >= 0.3 is 0 Å². The zero-order chi connectivity index (χ0) is 19.1. The average molecular weight is 362 g/mol. The first-order chi connectivity index (χ1) is 13.1. The number of rotatable bonds is 7. The zero-order valence-corrected chi connectivity index (χ0v) is 14.5. The van der Waals surface area contributed by atoms with Gasteiger partial charge in [0.1, 0.15) is 0 Å². The maximum Gasteiger partial charge on any atom is 0.269 e. The van der Waals surface area contributed by atoms with Gasteiger partial charge in [0.15, 0.2) is 0 Å². The molecule has 27 heavy (non-hydrogen) atoms. The van der Waals surface area contributed by atoms with Gasteiger partial charge in [0.25, 0.3) is 5.69 Å². The molecule has 0 bridgehead atoms. The fourth-order valence-corrected chi connectivity index (χ4v) is 2.58. The van der Waals surface area contributed by atoms with Crippen molar-refractivity contribution in [2.75, 3.05) is 18.4 Å². The monoisotopic (exact) mass is 362 g/mol. The zero-order valence-electron chi connectivity index (χ0n) is 14.5. The molecule has 1 heterocycles. The Labute approximate surface area is 155 Å². The highest BCUT2D eigenvalue weighted by Crippen LogP contribution is 2.17. The van der Waals surface area contributed by atoms with Gasteiger partial charge in [0, 0.05) is 54.1 Å².